The van der Waals surface area contributed by atoms with Crippen molar-refractivity contribution in [1.29, 1.82) is 0 Å². The maximum atomic E-state index is 14.7. The lowest BCUT2D eigenvalue weighted by atomic mass is 9.49. The van der Waals surface area contributed by atoms with Gasteiger partial charge in [0.25, 0.3) is 0 Å². The van der Waals surface area contributed by atoms with E-state index in [1.165, 1.54) is 13.8 Å². The van der Waals surface area contributed by atoms with E-state index in [1.807, 2.05) is 0 Å². The number of benzene rings is 1. The zero-order chi connectivity index (χ0) is 28.8. The van der Waals surface area contributed by atoms with E-state index in [0.29, 0.717) is 24.0 Å². The van der Waals surface area contributed by atoms with Crippen molar-refractivity contribution in [2.75, 3.05) is 6.61 Å². The third-order valence-corrected chi connectivity index (χ3v) is 10.2. The monoisotopic (exact) mass is 550 g/mol. The van der Waals surface area contributed by atoms with Crippen LogP contribution in [-0.2, 0) is 33.3 Å². The standard InChI is InChI=1S/C31H34O9/c1-16-11-12-31(36)26(39-27(35)19-9-7-6-8-10-19)24-29(25(34)23(38-17(2)32)22(16)28(31,4)5)14-20(29)13-21-30(24,15-37-21)40-18(3)33/h6-10,20-21,23-24,26,36H,12-15H2,1-5H3. The van der Waals surface area contributed by atoms with Crippen LogP contribution in [0.4, 0.5) is 0 Å². The summed E-state index contributed by atoms with van der Waals surface area (Å²) >= 11 is 0. The average Bonchev–Trinajstić information content (AvgIpc) is 3.61. The smallest absolute Gasteiger partial charge is 0.338 e. The van der Waals surface area contributed by atoms with E-state index in [9.17, 15) is 24.3 Å². The highest BCUT2D eigenvalue weighted by molar-refractivity contribution is 5.97. The highest BCUT2D eigenvalue weighted by Gasteiger charge is 2.83. The van der Waals surface area contributed by atoms with Crippen molar-refractivity contribution in [2.24, 2.45) is 22.7 Å². The first-order valence-corrected chi connectivity index (χ1v) is 13.8. The lowest BCUT2D eigenvalue weighted by Crippen LogP contribution is -2.77. The maximum Gasteiger partial charge on any atom is 0.338 e. The number of allylic oxidation sites excluding steroid dienone is 1. The zero-order valence-corrected chi connectivity index (χ0v) is 23.3. The van der Waals surface area contributed by atoms with Gasteiger partial charge in [-0.05, 0) is 49.8 Å². The molecule has 8 atom stereocenters. The third-order valence-electron chi connectivity index (χ3n) is 10.2. The molecule has 9 heteroatoms. The van der Waals surface area contributed by atoms with Crippen molar-refractivity contribution in [3.63, 3.8) is 0 Å². The van der Waals surface area contributed by atoms with E-state index in [4.69, 9.17) is 18.9 Å². The van der Waals surface area contributed by atoms with Crippen LogP contribution in [0.5, 0.6) is 0 Å². The van der Waals surface area contributed by atoms with Gasteiger partial charge in [0.2, 0.25) is 0 Å². The largest absolute Gasteiger partial charge is 0.455 e. The number of Topliss-reactive ketones (excluding diaryl/α,β-unsaturated/α-hetero) is 1. The Labute approximate surface area is 233 Å². The predicted octanol–water partition coefficient (Wildman–Crippen LogP) is 3.01. The SMILES string of the molecule is CC(=O)OC1C(=O)C23CC2CC2OCC2(OC(C)=O)C3C(OC(=O)c2ccccc2)C2(O)C[C]C(C)=C1C2(C)C. The molecule has 8 unspecified atom stereocenters. The first kappa shape index (κ1) is 27.1. The van der Waals surface area contributed by atoms with Crippen LogP contribution in [0.3, 0.4) is 0 Å². The van der Waals surface area contributed by atoms with Crippen molar-refractivity contribution in [2.45, 2.75) is 83.4 Å². The predicted molar refractivity (Wildman–Crippen MR) is 138 cm³/mol. The highest BCUT2D eigenvalue weighted by atomic mass is 16.6. The number of ketones is 1. The molecule has 0 amide bonds. The van der Waals surface area contributed by atoms with E-state index in [1.54, 1.807) is 51.1 Å². The van der Waals surface area contributed by atoms with Gasteiger partial charge in [-0.1, -0.05) is 37.6 Å². The molecule has 1 aromatic carbocycles. The summed E-state index contributed by atoms with van der Waals surface area (Å²) in [5.74, 6) is -3.31. The Hall–Kier alpha value is -3.04. The number of carbonyl (C=O) groups excluding carboxylic acids is 4. The Balaban J connectivity index is 1.60. The van der Waals surface area contributed by atoms with Gasteiger partial charge in [-0.25, -0.2) is 4.79 Å². The second-order valence-electron chi connectivity index (χ2n) is 12.5. The van der Waals surface area contributed by atoms with E-state index < -0.39 is 64.2 Å². The molecule has 5 aliphatic rings. The molecule has 4 aliphatic carbocycles. The Morgan fingerprint density at radius 2 is 1.77 bits per heavy atom. The molecule has 1 N–H and O–H groups in total. The second kappa shape index (κ2) is 8.73. The van der Waals surface area contributed by atoms with Gasteiger partial charge in [0.15, 0.2) is 17.5 Å². The molecule has 1 spiro atoms. The molecule has 40 heavy (non-hydrogen) atoms. The van der Waals surface area contributed by atoms with Crippen LogP contribution in [0.15, 0.2) is 41.5 Å². The van der Waals surface area contributed by atoms with Gasteiger partial charge in [-0.2, -0.15) is 0 Å². The minimum Gasteiger partial charge on any atom is -0.455 e. The Morgan fingerprint density at radius 1 is 1.07 bits per heavy atom. The second-order valence-corrected chi connectivity index (χ2v) is 12.5. The molecular formula is C31H34O9. The first-order chi connectivity index (χ1) is 18.8. The molecule has 2 radical (unpaired) electrons. The number of fused-ring (bicyclic) bond motifs is 4. The average molecular weight is 551 g/mol. The molecule has 0 aromatic heterocycles. The highest BCUT2D eigenvalue weighted by Crippen LogP contribution is 2.74. The number of carbonyl (C=O) groups is 4. The first-order valence-electron chi connectivity index (χ1n) is 13.8. The lowest BCUT2D eigenvalue weighted by molar-refractivity contribution is -0.321. The number of hydrogen-bond donors (Lipinski definition) is 1. The fourth-order valence-corrected chi connectivity index (χ4v) is 8.17. The van der Waals surface area contributed by atoms with Gasteiger partial charge in [0.05, 0.1) is 18.1 Å². The van der Waals surface area contributed by atoms with Crippen LogP contribution >= 0.6 is 0 Å². The van der Waals surface area contributed by atoms with Crippen molar-refractivity contribution in [1.82, 2.24) is 0 Å². The minimum absolute atomic E-state index is 0.00700. The molecule has 1 heterocycles. The molecule has 6 rings (SSSR count). The fourth-order valence-electron chi connectivity index (χ4n) is 8.17. The number of ether oxygens (including phenoxy) is 4. The van der Waals surface area contributed by atoms with E-state index >= 15 is 0 Å². The van der Waals surface area contributed by atoms with Gasteiger partial charge < -0.3 is 24.1 Å². The van der Waals surface area contributed by atoms with Crippen LogP contribution in [0, 0.1) is 29.1 Å². The Kier molecular flexibility index (Phi) is 5.92. The van der Waals surface area contributed by atoms with E-state index in [2.05, 4.69) is 6.42 Å². The van der Waals surface area contributed by atoms with Gasteiger partial charge in [0, 0.05) is 31.1 Å². The van der Waals surface area contributed by atoms with Crippen LogP contribution in [0.1, 0.15) is 64.2 Å². The summed E-state index contributed by atoms with van der Waals surface area (Å²) in [6.07, 6.45) is 0.976. The fraction of sp³-hybridized carbons (Fsp3) is 0.581. The summed E-state index contributed by atoms with van der Waals surface area (Å²) in [5, 5.41) is 12.8. The molecule has 1 aliphatic heterocycles. The van der Waals surface area contributed by atoms with Gasteiger partial charge in [-0.3, -0.25) is 14.4 Å². The van der Waals surface area contributed by atoms with E-state index in [-0.39, 0.29) is 30.3 Å². The van der Waals surface area contributed by atoms with Crippen LogP contribution in [0.2, 0.25) is 0 Å². The summed E-state index contributed by atoms with van der Waals surface area (Å²) < 4.78 is 24.0. The molecule has 3 saturated carbocycles. The minimum atomic E-state index is -1.79. The molecule has 212 valence electrons. The molecule has 1 aromatic rings. The molecule has 9 nitrogen and oxygen atoms in total. The summed E-state index contributed by atoms with van der Waals surface area (Å²) in [6, 6.07) is 8.43. The number of aliphatic hydroxyl groups is 1. The quantitative estimate of drug-likeness (QED) is 0.445. The maximum absolute atomic E-state index is 14.7. The van der Waals surface area contributed by atoms with Crippen molar-refractivity contribution in [3.8, 4) is 0 Å². The molecule has 2 bridgehead atoms. The number of rotatable bonds is 4. The van der Waals surface area contributed by atoms with E-state index in [0.717, 1.165) is 0 Å². The van der Waals surface area contributed by atoms with Crippen molar-refractivity contribution >= 4 is 23.7 Å². The summed E-state index contributed by atoms with van der Waals surface area (Å²) in [5.41, 5.74) is -4.13. The van der Waals surface area contributed by atoms with Gasteiger partial charge in [-0.15, -0.1) is 0 Å². The van der Waals surface area contributed by atoms with Crippen molar-refractivity contribution in [3.05, 3.63) is 53.5 Å². The Morgan fingerprint density at radius 3 is 2.38 bits per heavy atom. The lowest BCUT2D eigenvalue weighted by Gasteiger charge is -2.63. The van der Waals surface area contributed by atoms with Gasteiger partial charge >= 0.3 is 17.9 Å². The summed E-state index contributed by atoms with van der Waals surface area (Å²) in [7, 11) is 0. The van der Waals surface area contributed by atoms with Gasteiger partial charge in [0.1, 0.15) is 17.8 Å². The van der Waals surface area contributed by atoms with Crippen LogP contribution in [-0.4, -0.2) is 64.9 Å². The van der Waals surface area contributed by atoms with Crippen LogP contribution < -0.4 is 0 Å². The Bertz CT molecular complexity index is 1330. The zero-order valence-electron chi connectivity index (χ0n) is 23.3. The summed E-state index contributed by atoms with van der Waals surface area (Å²) in [4.78, 5) is 53.3. The number of hydrogen-bond acceptors (Lipinski definition) is 9. The number of esters is 3. The normalized spacial score (nSPS) is 40.6. The summed E-state index contributed by atoms with van der Waals surface area (Å²) in [6.45, 7) is 7.84. The molecular weight excluding hydrogens is 516 g/mol. The van der Waals surface area contributed by atoms with Crippen LogP contribution in [0.25, 0.3) is 0 Å². The molecule has 1 saturated heterocycles. The molecule has 4 fully saturated rings. The topological polar surface area (TPSA) is 125 Å². The third kappa shape index (κ3) is 3.46. The van der Waals surface area contributed by atoms with Crippen molar-refractivity contribution < 1.29 is 43.2 Å².